The predicted molar refractivity (Wildman–Crippen MR) is 40.9 cm³/mol. The van der Waals surface area contributed by atoms with E-state index < -0.39 is 0 Å². The molecule has 1 aliphatic carbocycles. The third-order valence-corrected chi connectivity index (χ3v) is 3.05. The predicted octanol–water partition coefficient (Wildman–Crippen LogP) is 2.21. The molecular formula is C9H16O. The van der Waals surface area contributed by atoms with Crippen LogP contribution in [0.4, 0.5) is 0 Å². The molecule has 2 unspecified atom stereocenters. The van der Waals surface area contributed by atoms with Crippen molar-refractivity contribution in [3.8, 4) is 0 Å². The van der Waals surface area contributed by atoms with Crippen LogP contribution in [0.15, 0.2) is 0 Å². The molecule has 58 valence electrons. The van der Waals surface area contributed by atoms with Gasteiger partial charge in [0.05, 0.1) is 12.2 Å². The van der Waals surface area contributed by atoms with Crippen molar-refractivity contribution in [2.75, 3.05) is 6.61 Å². The smallest absolute Gasteiger partial charge is 0.0947 e. The monoisotopic (exact) mass is 140 g/mol. The molecule has 0 aromatic carbocycles. The van der Waals surface area contributed by atoms with Crippen LogP contribution in [-0.2, 0) is 4.74 Å². The molecule has 1 nitrogen and oxygen atoms in total. The highest BCUT2D eigenvalue weighted by Gasteiger charge is 2.57. The third-order valence-electron chi connectivity index (χ3n) is 3.05. The van der Waals surface area contributed by atoms with E-state index in [4.69, 9.17) is 4.74 Å². The average molecular weight is 140 g/mol. The maximum absolute atomic E-state index is 5.50. The SMILES string of the molecule is CC1CC(C)(C)CC12CO2. The van der Waals surface area contributed by atoms with E-state index >= 15 is 0 Å². The highest BCUT2D eigenvalue weighted by Crippen LogP contribution is 2.55. The molecule has 1 heteroatoms. The van der Waals surface area contributed by atoms with E-state index in [1.54, 1.807) is 0 Å². The Morgan fingerprint density at radius 3 is 2.20 bits per heavy atom. The molecule has 0 aromatic heterocycles. The standard InChI is InChI=1S/C9H16O/c1-7-4-8(2,3)5-9(7)6-10-9/h7H,4-6H2,1-3H3. The highest BCUT2D eigenvalue weighted by atomic mass is 16.6. The molecular weight excluding hydrogens is 124 g/mol. The molecule has 1 aliphatic heterocycles. The number of ether oxygens (including phenoxy) is 1. The minimum atomic E-state index is 0.337. The Labute approximate surface area is 62.8 Å². The van der Waals surface area contributed by atoms with Crippen molar-refractivity contribution in [2.24, 2.45) is 11.3 Å². The van der Waals surface area contributed by atoms with Gasteiger partial charge in [-0.25, -0.2) is 0 Å². The van der Waals surface area contributed by atoms with E-state index in [1.165, 1.54) is 12.8 Å². The molecule has 2 atom stereocenters. The summed E-state index contributed by atoms with van der Waals surface area (Å²) in [5.41, 5.74) is 0.874. The van der Waals surface area contributed by atoms with E-state index in [9.17, 15) is 0 Å². The first-order chi connectivity index (χ1) is 4.54. The molecule has 0 radical (unpaired) electrons. The molecule has 1 saturated carbocycles. The van der Waals surface area contributed by atoms with Crippen molar-refractivity contribution in [3.05, 3.63) is 0 Å². The summed E-state index contributed by atoms with van der Waals surface area (Å²) in [4.78, 5) is 0. The van der Waals surface area contributed by atoms with Gasteiger partial charge in [-0.05, 0) is 24.2 Å². The van der Waals surface area contributed by atoms with Crippen LogP contribution >= 0.6 is 0 Å². The largest absolute Gasteiger partial charge is 0.369 e. The van der Waals surface area contributed by atoms with Gasteiger partial charge in [-0.1, -0.05) is 20.8 Å². The fourth-order valence-corrected chi connectivity index (χ4v) is 2.55. The van der Waals surface area contributed by atoms with Crippen LogP contribution < -0.4 is 0 Å². The third kappa shape index (κ3) is 0.800. The van der Waals surface area contributed by atoms with Gasteiger partial charge in [0.15, 0.2) is 0 Å². The van der Waals surface area contributed by atoms with Crippen LogP contribution in [-0.4, -0.2) is 12.2 Å². The first-order valence-corrected chi connectivity index (χ1v) is 4.18. The molecule has 10 heavy (non-hydrogen) atoms. The summed E-state index contributed by atoms with van der Waals surface area (Å²) in [6, 6.07) is 0. The molecule has 2 rings (SSSR count). The number of epoxide rings is 1. The summed E-state index contributed by atoms with van der Waals surface area (Å²) in [5.74, 6) is 0.794. The van der Waals surface area contributed by atoms with Crippen LogP contribution in [0.25, 0.3) is 0 Å². The maximum atomic E-state index is 5.50. The second kappa shape index (κ2) is 1.58. The van der Waals surface area contributed by atoms with Crippen LogP contribution in [0, 0.1) is 11.3 Å². The Morgan fingerprint density at radius 1 is 1.40 bits per heavy atom. The summed E-state index contributed by atoms with van der Waals surface area (Å²) < 4.78 is 5.50. The van der Waals surface area contributed by atoms with Gasteiger partial charge in [-0.15, -0.1) is 0 Å². The lowest BCUT2D eigenvalue weighted by atomic mass is 9.90. The quantitative estimate of drug-likeness (QED) is 0.470. The van der Waals surface area contributed by atoms with Crippen molar-refractivity contribution < 1.29 is 4.74 Å². The number of rotatable bonds is 0. The highest BCUT2D eigenvalue weighted by molar-refractivity contribution is 5.06. The Hall–Kier alpha value is -0.0400. The van der Waals surface area contributed by atoms with E-state index in [0.717, 1.165) is 12.5 Å². The zero-order chi connectivity index (χ0) is 7.41. The molecule has 2 fully saturated rings. The van der Waals surface area contributed by atoms with E-state index in [0.29, 0.717) is 11.0 Å². The van der Waals surface area contributed by atoms with Crippen molar-refractivity contribution in [1.82, 2.24) is 0 Å². The van der Waals surface area contributed by atoms with E-state index in [2.05, 4.69) is 20.8 Å². The van der Waals surface area contributed by atoms with Gasteiger partial charge in [0.1, 0.15) is 0 Å². The van der Waals surface area contributed by atoms with Gasteiger partial charge in [0, 0.05) is 0 Å². The van der Waals surface area contributed by atoms with Crippen LogP contribution in [0.1, 0.15) is 33.6 Å². The van der Waals surface area contributed by atoms with Gasteiger partial charge in [-0.2, -0.15) is 0 Å². The van der Waals surface area contributed by atoms with E-state index in [-0.39, 0.29) is 0 Å². The van der Waals surface area contributed by atoms with Gasteiger partial charge < -0.3 is 4.74 Å². The normalized spacial score (nSPS) is 50.1. The lowest BCUT2D eigenvalue weighted by molar-refractivity contribution is 0.250. The lowest BCUT2D eigenvalue weighted by Gasteiger charge is -2.14. The van der Waals surface area contributed by atoms with Crippen LogP contribution in [0.5, 0.6) is 0 Å². The second-order valence-electron chi connectivity index (χ2n) is 4.80. The molecule has 0 aromatic rings. The summed E-state index contributed by atoms with van der Waals surface area (Å²) in [6.07, 6.45) is 2.62. The molecule has 1 spiro atoms. The van der Waals surface area contributed by atoms with Gasteiger partial charge >= 0.3 is 0 Å². The topological polar surface area (TPSA) is 12.5 Å². The Kier molecular flexibility index (Phi) is 1.05. The minimum Gasteiger partial charge on any atom is -0.369 e. The summed E-state index contributed by atoms with van der Waals surface area (Å²) in [7, 11) is 0. The molecule has 1 heterocycles. The van der Waals surface area contributed by atoms with Crippen LogP contribution in [0.2, 0.25) is 0 Å². The zero-order valence-electron chi connectivity index (χ0n) is 7.11. The van der Waals surface area contributed by atoms with Crippen molar-refractivity contribution in [2.45, 2.75) is 39.2 Å². The Morgan fingerprint density at radius 2 is 2.00 bits per heavy atom. The molecule has 0 bridgehead atoms. The summed E-state index contributed by atoms with van der Waals surface area (Å²) >= 11 is 0. The average Bonchev–Trinajstić information content (AvgIpc) is 2.40. The fourth-order valence-electron chi connectivity index (χ4n) is 2.55. The number of hydrogen-bond acceptors (Lipinski definition) is 1. The molecule has 0 amide bonds. The van der Waals surface area contributed by atoms with Gasteiger partial charge in [-0.3, -0.25) is 0 Å². The second-order valence-corrected chi connectivity index (χ2v) is 4.80. The van der Waals surface area contributed by atoms with Crippen molar-refractivity contribution in [3.63, 3.8) is 0 Å². The van der Waals surface area contributed by atoms with Crippen molar-refractivity contribution >= 4 is 0 Å². The zero-order valence-corrected chi connectivity index (χ0v) is 7.11. The number of hydrogen-bond donors (Lipinski definition) is 0. The first kappa shape index (κ1) is 6.66. The summed E-state index contributed by atoms with van der Waals surface area (Å²) in [6.45, 7) is 8.04. The van der Waals surface area contributed by atoms with Gasteiger partial charge in [0.2, 0.25) is 0 Å². The molecule has 2 aliphatic rings. The molecule has 1 saturated heterocycles. The van der Waals surface area contributed by atoms with Crippen LogP contribution in [0.3, 0.4) is 0 Å². The summed E-state index contributed by atoms with van der Waals surface area (Å²) in [5, 5.41) is 0. The Balaban J connectivity index is 2.15. The maximum Gasteiger partial charge on any atom is 0.0947 e. The van der Waals surface area contributed by atoms with E-state index in [1.807, 2.05) is 0 Å². The van der Waals surface area contributed by atoms with Crippen molar-refractivity contribution in [1.29, 1.82) is 0 Å². The molecule has 0 N–H and O–H groups in total. The Bertz CT molecular complexity index is 156. The van der Waals surface area contributed by atoms with Gasteiger partial charge in [0.25, 0.3) is 0 Å². The minimum absolute atomic E-state index is 0.337. The lowest BCUT2D eigenvalue weighted by Crippen LogP contribution is -2.14. The first-order valence-electron chi connectivity index (χ1n) is 4.18. The fraction of sp³-hybridized carbons (Fsp3) is 1.00.